The topological polar surface area (TPSA) is 113 Å². The summed E-state index contributed by atoms with van der Waals surface area (Å²) in [4.78, 5) is 19.4. The predicted molar refractivity (Wildman–Crippen MR) is 147 cm³/mol. The molecular formula is C28H29FN8O2. The Morgan fingerprint density at radius 3 is 3.03 bits per heavy atom. The number of rotatable bonds is 6. The summed E-state index contributed by atoms with van der Waals surface area (Å²) in [7, 11) is 3.44. The molecule has 3 aromatic heterocycles. The summed E-state index contributed by atoms with van der Waals surface area (Å²) in [5.41, 5.74) is 3.96. The Balaban J connectivity index is 1.10. The molecule has 0 aliphatic carbocycles. The Labute approximate surface area is 224 Å². The van der Waals surface area contributed by atoms with Gasteiger partial charge in [-0.05, 0) is 43.7 Å². The van der Waals surface area contributed by atoms with Gasteiger partial charge in [0.25, 0.3) is 0 Å². The lowest BCUT2D eigenvalue weighted by Gasteiger charge is -2.33. The van der Waals surface area contributed by atoms with Gasteiger partial charge in [-0.2, -0.15) is 10.2 Å². The molecule has 1 aliphatic rings. The fraction of sp³-hybridized carbons (Fsp3) is 0.286. The number of H-pyrrole nitrogens is 1. The van der Waals surface area contributed by atoms with Crippen molar-refractivity contribution in [1.29, 1.82) is 0 Å². The zero-order chi connectivity index (χ0) is 26.9. The smallest absolute Gasteiger partial charge is 0.320 e. The van der Waals surface area contributed by atoms with E-state index < -0.39 is 0 Å². The number of hydrogen-bond donors (Lipinski definition) is 3. The maximum Gasteiger partial charge on any atom is 0.320 e. The average molecular weight is 529 g/mol. The number of ether oxygens (including phenoxy) is 1. The number of aromatic amines is 1. The van der Waals surface area contributed by atoms with Crippen molar-refractivity contribution in [2.75, 3.05) is 25.5 Å². The van der Waals surface area contributed by atoms with E-state index in [-0.39, 0.29) is 17.9 Å². The third-order valence-electron chi connectivity index (χ3n) is 7.10. The SMILES string of the molecule is COc1cccc(F)c1CN1CCC[C@@H](NC(=O)Nc2cc3[nH]nc(-c4ccc5nn(C)cc5c4)c3cn2)C1. The number of aromatic nitrogens is 5. The molecule has 0 saturated carbocycles. The first kappa shape index (κ1) is 24.8. The predicted octanol–water partition coefficient (Wildman–Crippen LogP) is 4.45. The third kappa shape index (κ3) is 5.13. The molecular weight excluding hydrogens is 499 g/mol. The van der Waals surface area contributed by atoms with Gasteiger partial charge < -0.3 is 10.1 Å². The lowest BCUT2D eigenvalue weighted by atomic mass is 10.0. The van der Waals surface area contributed by atoms with Crippen molar-refractivity contribution in [3.63, 3.8) is 0 Å². The van der Waals surface area contributed by atoms with E-state index >= 15 is 0 Å². The zero-order valence-corrected chi connectivity index (χ0v) is 21.7. The molecule has 4 heterocycles. The van der Waals surface area contributed by atoms with Gasteiger partial charge in [-0.15, -0.1) is 0 Å². The van der Waals surface area contributed by atoms with Crippen LogP contribution in [0.1, 0.15) is 18.4 Å². The van der Waals surface area contributed by atoms with Gasteiger partial charge in [0.05, 0.1) is 18.1 Å². The van der Waals surface area contributed by atoms with Crippen LogP contribution in [0.2, 0.25) is 0 Å². The average Bonchev–Trinajstić information content (AvgIpc) is 3.51. The minimum atomic E-state index is -0.334. The Kier molecular flexibility index (Phi) is 6.57. The molecule has 0 spiro atoms. The van der Waals surface area contributed by atoms with Gasteiger partial charge in [-0.1, -0.05) is 12.1 Å². The number of nitrogens with one attached hydrogen (secondary N) is 3. The van der Waals surface area contributed by atoms with Gasteiger partial charge in [-0.3, -0.25) is 20.0 Å². The number of anilines is 1. The van der Waals surface area contributed by atoms with E-state index in [4.69, 9.17) is 4.74 Å². The number of aryl methyl sites for hydroxylation is 1. The van der Waals surface area contributed by atoms with Crippen LogP contribution in [0.3, 0.4) is 0 Å². The van der Waals surface area contributed by atoms with E-state index in [2.05, 4.69) is 35.8 Å². The van der Waals surface area contributed by atoms with Crippen molar-refractivity contribution in [2.24, 2.45) is 7.05 Å². The van der Waals surface area contributed by atoms with Gasteiger partial charge in [0.2, 0.25) is 0 Å². The number of carbonyl (C=O) groups excluding carboxylic acids is 1. The molecule has 1 atom stereocenters. The van der Waals surface area contributed by atoms with E-state index in [1.165, 1.54) is 6.07 Å². The second-order valence-electron chi connectivity index (χ2n) is 9.86. The molecule has 2 aromatic carbocycles. The lowest BCUT2D eigenvalue weighted by molar-refractivity contribution is 0.180. The maximum absolute atomic E-state index is 14.4. The largest absolute Gasteiger partial charge is 0.496 e. The lowest BCUT2D eigenvalue weighted by Crippen LogP contribution is -2.48. The Bertz CT molecular complexity index is 1660. The number of amides is 2. The number of nitrogens with zero attached hydrogens (tertiary/aromatic N) is 5. The monoisotopic (exact) mass is 528 g/mol. The van der Waals surface area contributed by atoms with Crippen LogP contribution in [-0.2, 0) is 13.6 Å². The second kappa shape index (κ2) is 10.3. The number of pyridine rings is 1. The number of methoxy groups -OCH3 is 1. The number of urea groups is 1. The summed E-state index contributed by atoms with van der Waals surface area (Å²) in [5, 5.41) is 19.7. The number of fused-ring (bicyclic) bond motifs is 2. The van der Waals surface area contributed by atoms with Gasteiger partial charge in [0, 0.05) is 66.5 Å². The molecule has 5 aromatic rings. The van der Waals surface area contributed by atoms with Crippen molar-refractivity contribution >= 4 is 33.7 Å². The van der Waals surface area contributed by atoms with Crippen LogP contribution in [-0.4, -0.2) is 62.1 Å². The molecule has 1 saturated heterocycles. The molecule has 0 radical (unpaired) electrons. The number of hydrogen-bond acceptors (Lipinski definition) is 6. The first-order chi connectivity index (χ1) is 19.0. The number of benzene rings is 2. The fourth-order valence-electron chi connectivity index (χ4n) is 5.26. The van der Waals surface area contributed by atoms with E-state index in [0.717, 1.165) is 52.4 Å². The molecule has 10 nitrogen and oxygen atoms in total. The Morgan fingerprint density at radius 1 is 1.26 bits per heavy atom. The first-order valence-electron chi connectivity index (χ1n) is 12.9. The summed E-state index contributed by atoms with van der Waals surface area (Å²) in [6.45, 7) is 1.86. The van der Waals surface area contributed by atoms with Crippen molar-refractivity contribution < 1.29 is 13.9 Å². The van der Waals surface area contributed by atoms with Crippen LogP contribution < -0.4 is 15.4 Å². The van der Waals surface area contributed by atoms with Crippen LogP contribution in [0.5, 0.6) is 5.75 Å². The molecule has 1 aliphatic heterocycles. The van der Waals surface area contributed by atoms with E-state index in [0.29, 0.717) is 30.2 Å². The summed E-state index contributed by atoms with van der Waals surface area (Å²) in [6, 6.07) is 12.2. The maximum atomic E-state index is 14.4. The molecule has 6 rings (SSSR count). The molecule has 2 amide bonds. The van der Waals surface area contributed by atoms with Gasteiger partial charge in [-0.25, -0.2) is 14.2 Å². The van der Waals surface area contributed by atoms with Crippen LogP contribution in [0, 0.1) is 5.82 Å². The van der Waals surface area contributed by atoms with Crippen molar-refractivity contribution in [2.45, 2.75) is 25.4 Å². The normalized spacial score (nSPS) is 16.0. The Morgan fingerprint density at radius 2 is 2.15 bits per heavy atom. The zero-order valence-electron chi connectivity index (χ0n) is 21.7. The third-order valence-corrected chi connectivity index (χ3v) is 7.10. The molecule has 39 heavy (non-hydrogen) atoms. The van der Waals surface area contributed by atoms with Crippen LogP contribution in [0.25, 0.3) is 33.1 Å². The van der Waals surface area contributed by atoms with Crippen LogP contribution in [0.15, 0.2) is 54.9 Å². The minimum absolute atomic E-state index is 0.0681. The van der Waals surface area contributed by atoms with Crippen LogP contribution >= 0.6 is 0 Å². The second-order valence-corrected chi connectivity index (χ2v) is 9.86. The van der Waals surface area contributed by atoms with Crippen molar-refractivity contribution in [1.82, 2.24) is 35.2 Å². The molecule has 3 N–H and O–H groups in total. The summed E-state index contributed by atoms with van der Waals surface area (Å²) in [5.74, 6) is 0.661. The quantitative estimate of drug-likeness (QED) is 0.300. The number of carbonyl (C=O) groups is 1. The van der Waals surface area contributed by atoms with Crippen LogP contribution in [0.4, 0.5) is 15.0 Å². The number of likely N-dealkylation sites (tertiary alicyclic amines) is 1. The minimum Gasteiger partial charge on any atom is -0.496 e. The highest BCUT2D eigenvalue weighted by Gasteiger charge is 2.24. The standard InChI is InChI=1S/C28H29FN8O2/c1-36-14-18-11-17(8-9-23(18)35-36)27-20-13-30-26(12-24(20)33-34-27)32-28(38)31-19-5-4-10-37(15-19)16-21-22(29)6-3-7-25(21)39-2/h3,6-9,11-14,19H,4-5,10,15-16H2,1-2H3,(H,33,34)(H2,30,31,32,38)/t19-/m1/s1. The molecule has 1 fully saturated rings. The first-order valence-corrected chi connectivity index (χ1v) is 12.9. The summed E-state index contributed by atoms with van der Waals surface area (Å²) in [6.07, 6.45) is 5.42. The fourth-order valence-corrected chi connectivity index (χ4v) is 5.26. The van der Waals surface area contributed by atoms with Crippen molar-refractivity contribution in [3.8, 4) is 17.0 Å². The molecule has 0 bridgehead atoms. The van der Waals surface area contributed by atoms with Gasteiger partial charge >= 0.3 is 6.03 Å². The molecule has 11 heteroatoms. The van der Waals surface area contributed by atoms with Gasteiger partial charge in [0.15, 0.2) is 0 Å². The summed E-state index contributed by atoms with van der Waals surface area (Å²) < 4.78 is 21.5. The molecule has 200 valence electrons. The van der Waals surface area contributed by atoms with E-state index in [1.54, 1.807) is 36.2 Å². The highest BCUT2D eigenvalue weighted by atomic mass is 19.1. The summed E-state index contributed by atoms with van der Waals surface area (Å²) >= 11 is 0. The van der Waals surface area contributed by atoms with Gasteiger partial charge in [0.1, 0.15) is 23.1 Å². The highest BCUT2D eigenvalue weighted by Crippen LogP contribution is 2.29. The number of piperidine rings is 1. The Hall–Kier alpha value is -4.51. The van der Waals surface area contributed by atoms with E-state index in [9.17, 15) is 9.18 Å². The highest BCUT2D eigenvalue weighted by molar-refractivity contribution is 5.97. The number of halogens is 1. The van der Waals surface area contributed by atoms with Crippen molar-refractivity contribution in [3.05, 3.63) is 66.2 Å². The molecule has 0 unspecified atom stereocenters. The van der Waals surface area contributed by atoms with E-state index in [1.807, 2.05) is 31.4 Å².